The first-order valence-corrected chi connectivity index (χ1v) is 8.03. The van der Waals surface area contributed by atoms with Gasteiger partial charge < -0.3 is 14.4 Å². The number of hydrazine groups is 1. The molecule has 0 saturated heterocycles. The zero-order chi connectivity index (χ0) is 20.4. The maximum Gasteiger partial charge on any atom is 0.329 e. The number of non-ortho nitro benzene ring substituents is 1. The molecule has 5 N–H and O–H groups in total. The van der Waals surface area contributed by atoms with Gasteiger partial charge >= 0.3 is 5.69 Å². The predicted octanol–water partition coefficient (Wildman–Crippen LogP) is -0.943. The number of H-pyrrole nitrogens is 1. The Labute approximate surface area is 156 Å². The summed E-state index contributed by atoms with van der Waals surface area (Å²) in [5.41, 5.74) is 1.10. The van der Waals surface area contributed by atoms with Gasteiger partial charge in [-0.1, -0.05) is 0 Å². The van der Waals surface area contributed by atoms with Crippen LogP contribution >= 0.6 is 0 Å². The molecule has 2 heterocycles. The Bertz CT molecular complexity index is 1130. The molecule has 0 bridgehead atoms. The molecule has 0 aliphatic carbocycles. The SMILES string of the molecule is Cn1c(=O)[nH]c(=O)c2c1nc(NN)n2C[C@H](O)COc1ccc([N+](=O)[O-])cc1. The second-order valence-corrected chi connectivity index (χ2v) is 5.90. The molecule has 1 aromatic carbocycles. The van der Waals surface area contributed by atoms with E-state index < -0.39 is 22.3 Å². The second-order valence-electron chi connectivity index (χ2n) is 5.90. The zero-order valence-corrected chi connectivity index (χ0v) is 14.7. The van der Waals surface area contributed by atoms with Crippen molar-refractivity contribution in [3.8, 4) is 5.75 Å². The summed E-state index contributed by atoms with van der Waals surface area (Å²) in [5.74, 6) is 5.84. The highest BCUT2D eigenvalue weighted by atomic mass is 16.6. The standard InChI is InChI=1S/C15H17N7O6/c1-20-12-11(13(24)18-15(20)25)21(14(17-12)19-16)6-9(23)7-28-10-4-2-8(3-5-10)22(26)27/h2-5,9,23H,6-7,16H2,1H3,(H,17,19)(H,18,24,25)/t9-/m0/s1. The van der Waals surface area contributed by atoms with Crippen molar-refractivity contribution in [2.24, 2.45) is 12.9 Å². The molecule has 3 aromatic rings. The van der Waals surface area contributed by atoms with Gasteiger partial charge in [-0.3, -0.25) is 29.9 Å². The highest BCUT2D eigenvalue weighted by Gasteiger charge is 2.19. The maximum absolute atomic E-state index is 12.2. The van der Waals surface area contributed by atoms with Crippen molar-refractivity contribution in [1.29, 1.82) is 0 Å². The van der Waals surface area contributed by atoms with E-state index in [0.717, 1.165) is 4.57 Å². The van der Waals surface area contributed by atoms with Crippen molar-refractivity contribution >= 4 is 22.8 Å². The number of benzene rings is 1. The van der Waals surface area contributed by atoms with E-state index in [-0.39, 0.29) is 36.0 Å². The summed E-state index contributed by atoms with van der Waals surface area (Å²) >= 11 is 0. The number of aryl methyl sites for hydroxylation is 1. The molecule has 0 spiro atoms. The molecule has 0 aliphatic heterocycles. The summed E-state index contributed by atoms with van der Waals surface area (Å²) in [6.07, 6.45) is -1.07. The van der Waals surface area contributed by atoms with E-state index in [1.165, 1.54) is 35.9 Å². The summed E-state index contributed by atoms with van der Waals surface area (Å²) in [5, 5.41) is 20.9. The molecule has 2 aromatic heterocycles. The number of anilines is 1. The van der Waals surface area contributed by atoms with Crippen molar-refractivity contribution in [3.05, 3.63) is 55.2 Å². The van der Waals surface area contributed by atoms with E-state index in [9.17, 15) is 24.8 Å². The number of nitrogens with two attached hydrogens (primary N) is 1. The largest absolute Gasteiger partial charge is 0.491 e. The highest BCUT2D eigenvalue weighted by Crippen LogP contribution is 2.18. The lowest BCUT2D eigenvalue weighted by molar-refractivity contribution is -0.384. The average molecular weight is 391 g/mol. The molecule has 13 nitrogen and oxygen atoms in total. The van der Waals surface area contributed by atoms with Crippen LogP contribution in [0.4, 0.5) is 11.6 Å². The lowest BCUT2D eigenvalue weighted by atomic mass is 10.3. The number of ether oxygens (including phenoxy) is 1. The van der Waals surface area contributed by atoms with Crippen LogP contribution in [-0.2, 0) is 13.6 Å². The number of rotatable bonds is 7. The van der Waals surface area contributed by atoms with E-state index in [4.69, 9.17) is 10.6 Å². The summed E-state index contributed by atoms with van der Waals surface area (Å²) in [4.78, 5) is 40.3. The molecule has 148 valence electrons. The van der Waals surface area contributed by atoms with Crippen molar-refractivity contribution < 1.29 is 14.8 Å². The average Bonchev–Trinajstić information content (AvgIpc) is 3.03. The van der Waals surface area contributed by atoms with Gasteiger partial charge in [0.2, 0.25) is 5.95 Å². The highest BCUT2D eigenvalue weighted by molar-refractivity contribution is 5.74. The number of nitrogen functional groups attached to an aromatic ring is 1. The summed E-state index contributed by atoms with van der Waals surface area (Å²) in [6.45, 7) is -0.268. The number of nitro groups is 1. The Morgan fingerprint density at radius 3 is 2.68 bits per heavy atom. The van der Waals surface area contributed by atoms with Crippen LogP contribution in [0.2, 0.25) is 0 Å². The maximum atomic E-state index is 12.2. The fraction of sp³-hybridized carbons (Fsp3) is 0.267. The van der Waals surface area contributed by atoms with Gasteiger partial charge in [0, 0.05) is 19.2 Å². The monoisotopic (exact) mass is 391 g/mol. The molecule has 0 aliphatic rings. The molecule has 0 unspecified atom stereocenters. The molecule has 0 amide bonds. The van der Waals surface area contributed by atoms with E-state index in [0.29, 0.717) is 5.75 Å². The lowest BCUT2D eigenvalue weighted by Crippen LogP contribution is -2.31. The molecule has 0 fully saturated rings. The number of nitrogens with one attached hydrogen (secondary N) is 2. The fourth-order valence-electron chi connectivity index (χ4n) is 2.64. The summed E-state index contributed by atoms with van der Waals surface area (Å²) in [7, 11) is 1.44. The number of nitrogens with zero attached hydrogens (tertiary/aromatic N) is 4. The van der Waals surface area contributed by atoms with Crippen LogP contribution in [0, 0.1) is 10.1 Å². The first-order chi connectivity index (χ1) is 13.3. The second kappa shape index (κ2) is 7.50. The van der Waals surface area contributed by atoms with Crippen LogP contribution in [0.1, 0.15) is 0 Å². The first-order valence-electron chi connectivity index (χ1n) is 8.03. The van der Waals surface area contributed by atoms with E-state index in [2.05, 4.69) is 15.4 Å². The van der Waals surface area contributed by atoms with E-state index >= 15 is 0 Å². The van der Waals surface area contributed by atoms with Crippen molar-refractivity contribution in [2.75, 3.05) is 12.0 Å². The quantitative estimate of drug-likeness (QED) is 0.224. The molecule has 0 radical (unpaired) electrons. The lowest BCUT2D eigenvalue weighted by Gasteiger charge is -2.15. The van der Waals surface area contributed by atoms with Gasteiger partial charge in [-0.2, -0.15) is 4.98 Å². The molecule has 0 saturated carbocycles. The summed E-state index contributed by atoms with van der Waals surface area (Å²) < 4.78 is 7.89. The van der Waals surface area contributed by atoms with Crippen LogP contribution < -0.4 is 27.3 Å². The smallest absolute Gasteiger partial charge is 0.329 e. The van der Waals surface area contributed by atoms with Crippen LogP contribution in [0.3, 0.4) is 0 Å². The first kappa shape index (κ1) is 19.1. The minimum absolute atomic E-state index is 0.0597. The number of hydrogen-bond acceptors (Lipinski definition) is 9. The number of nitro benzene ring substituents is 1. The number of hydrogen-bond donors (Lipinski definition) is 4. The minimum Gasteiger partial charge on any atom is -0.491 e. The molecule has 13 heteroatoms. The van der Waals surface area contributed by atoms with Crippen LogP contribution in [0.5, 0.6) is 5.75 Å². The summed E-state index contributed by atoms with van der Waals surface area (Å²) in [6, 6.07) is 5.37. The topological polar surface area (TPSA) is 183 Å². The van der Waals surface area contributed by atoms with Gasteiger partial charge in [0.25, 0.3) is 11.2 Å². The minimum atomic E-state index is -1.07. The fourth-order valence-corrected chi connectivity index (χ4v) is 2.64. The van der Waals surface area contributed by atoms with Gasteiger partial charge in [-0.15, -0.1) is 0 Å². The van der Waals surface area contributed by atoms with Gasteiger partial charge in [0.15, 0.2) is 11.2 Å². The molecular weight excluding hydrogens is 374 g/mol. The number of fused-ring (bicyclic) bond motifs is 1. The van der Waals surface area contributed by atoms with Gasteiger partial charge in [-0.25, -0.2) is 10.6 Å². The van der Waals surface area contributed by atoms with Gasteiger partial charge in [0.05, 0.1) is 11.5 Å². The Morgan fingerprint density at radius 2 is 2.07 bits per heavy atom. The predicted molar refractivity (Wildman–Crippen MR) is 98.0 cm³/mol. The Morgan fingerprint density at radius 1 is 1.39 bits per heavy atom. The van der Waals surface area contributed by atoms with E-state index in [1.54, 1.807) is 0 Å². The van der Waals surface area contributed by atoms with E-state index in [1.807, 2.05) is 0 Å². The number of aromatic amines is 1. The molecule has 28 heavy (non-hydrogen) atoms. The normalized spacial score (nSPS) is 12.1. The zero-order valence-electron chi connectivity index (χ0n) is 14.7. The Balaban J connectivity index is 1.80. The number of aromatic nitrogens is 4. The van der Waals surface area contributed by atoms with Gasteiger partial charge in [0.1, 0.15) is 18.5 Å². The molecule has 3 rings (SSSR count). The number of aliphatic hydroxyl groups excluding tert-OH is 1. The van der Waals surface area contributed by atoms with Crippen molar-refractivity contribution in [3.63, 3.8) is 0 Å². The Hall–Kier alpha value is -3.71. The molecular formula is C15H17N7O6. The van der Waals surface area contributed by atoms with Gasteiger partial charge in [-0.05, 0) is 12.1 Å². The van der Waals surface area contributed by atoms with Crippen LogP contribution in [0.25, 0.3) is 11.2 Å². The third-order valence-electron chi connectivity index (χ3n) is 4.02. The number of aliphatic hydroxyl groups is 1. The third kappa shape index (κ3) is 3.56. The Kier molecular flexibility index (Phi) is 5.10. The van der Waals surface area contributed by atoms with Crippen molar-refractivity contribution in [1.82, 2.24) is 19.1 Å². The molecule has 1 atom stereocenters. The van der Waals surface area contributed by atoms with Crippen LogP contribution in [0.15, 0.2) is 33.9 Å². The van der Waals surface area contributed by atoms with Crippen LogP contribution in [-0.4, -0.2) is 41.8 Å². The van der Waals surface area contributed by atoms with Crippen molar-refractivity contribution in [2.45, 2.75) is 12.6 Å². The number of imidazole rings is 1. The third-order valence-corrected chi connectivity index (χ3v) is 4.02.